The maximum Gasteiger partial charge on any atom is 0.295 e. The Morgan fingerprint density at radius 1 is 1.23 bits per heavy atom. The molecule has 6 nitrogen and oxygen atoms in total. The summed E-state index contributed by atoms with van der Waals surface area (Å²) in [4.78, 5) is 28.0. The van der Waals surface area contributed by atoms with Gasteiger partial charge in [0, 0.05) is 29.2 Å². The molecule has 156 valence electrons. The number of pyridine rings is 1. The summed E-state index contributed by atoms with van der Waals surface area (Å²) < 4.78 is 33.0. The van der Waals surface area contributed by atoms with Gasteiger partial charge < -0.3 is 15.4 Å². The Labute approximate surface area is 173 Å². The van der Waals surface area contributed by atoms with Crippen LogP contribution in [0.1, 0.15) is 25.7 Å². The first-order chi connectivity index (χ1) is 14.4. The predicted molar refractivity (Wildman–Crippen MR) is 107 cm³/mol. The molecular weight excluding hydrogens is 392 g/mol. The van der Waals surface area contributed by atoms with E-state index in [1.807, 2.05) is 5.92 Å². The smallest absolute Gasteiger partial charge is 0.295 e. The maximum absolute atomic E-state index is 14.4. The Morgan fingerprint density at radius 3 is 2.77 bits per heavy atom. The number of amides is 2. The van der Waals surface area contributed by atoms with Crippen molar-refractivity contribution in [1.29, 1.82) is 0 Å². The number of carbonyl (C=O) groups is 2. The summed E-state index contributed by atoms with van der Waals surface area (Å²) >= 11 is 0. The van der Waals surface area contributed by atoms with E-state index >= 15 is 0 Å². The Kier molecular flexibility index (Phi) is 6.62. The van der Waals surface area contributed by atoms with Gasteiger partial charge >= 0.3 is 0 Å². The molecule has 1 fully saturated rings. The number of halogens is 2. The monoisotopic (exact) mass is 413 g/mol. The fraction of sp³-hybridized carbons (Fsp3) is 0.318. The van der Waals surface area contributed by atoms with Crippen LogP contribution < -0.4 is 15.4 Å². The number of rotatable bonds is 5. The summed E-state index contributed by atoms with van der Waals surface area (Å²) in [5.74, 6) is 0.0819. The molecule has 8 heteroatoms. The first-order valence-electron chi connectivity index (χ1n) is 9.48. The molecule has 2 N–H and O–H groups in total. The average Bonchev–Trinajstić information content (AvgIpc) is 2.75. The van der Waals surface area contributed by atoms with Crippen molar-refractivity contribution < 1.29 is 23.1 Å². The van der Waals surface area contributed by atoms with Gasteiger partial charge in [-0.25, -0.2) is 13.8 Å². The minimum absolute atomic E-state index is 0.125. The van der Waals surface area contributed by atoms with Crippen LogP contribution in [0.4, 0.5) is 14.6 Å². The summed E-state index contributed by atoms with van der Waals surface area (Å²) in [5, 5.41) is 5.41. The molecule has 0 unspecified atom stereocenters. The third-order valence-corrected chi connectivity index (χ3v) is 5.07. The van der Waals surface area contributed by atoms with E-state index in [1.165, 1.54) is 25.3 Å². The van der Waals surface area contributed by atoms with Gasteiger partial charge in [-0.05, 0) is 43.4 Å². The van der Waals surface area contributed by atoms with Crippen molar-refractivity contribution in [3.8, 4) is 29.2 Å². The molecule has 2 aromatic rings. The molecule has 1 aromatic heterocycles. The molecular formula is C22H21F2N3O3. The highest BCUT2D eigenvalue weighted by atomic mass is 19.1. The molecule has 1 aromatic carbocycles. The quantitative estimate of drug-likeness (QED) is 0.738. The van der Waals surface area contributed by atoms with Crippen LogP contribution in [0.2, 0.25) is 0 Å². The van der Waals surface area contributed by atoms with Gasteiger partial charge in [-0.2, -0.15) is 0 Å². The van der Waals surface area contributed by atoms with Gasteiger partial charge in [0.15, 0.2) is 0 Å². The van der Waals surface area contributed by atoms with E-state index in [1.54, 1.807) is 0 Å². The molecule has 0 bridgehead atoms. The predicted octanol–water partition coefficient (Wildman–Crippen LogP) is 3.28. The number of carbonyl (C=O) groups excluding carboxylic acids is 2. The summed E-state index contributed by atoms with van der Waals surface area (Å²) in [6.07, 6.45) is 8.70. The minimum Gasteiger partial charge on any atom is -0.496 e. The van der Waals surface area contributed by atoms with Crippen LogP contribution in [0.25, 0.3) is 11.1 Å². The Morgan fingerprint density at radius 2 is 2.03 bits per heavy atom. The largest absolute Gasteiger partial charge is 0.496 e. The molecule has 0 aliphatic heterocycles. The third kappa shape index (κ3) is 4.92. The normalized spacial score (nSPS) is 18.2. The van der Waals surface area contributed by atoms with Gasteiger partial charge in [0.25, 0.3) is 5.91 Å². The van der Waals surface area contributed by atoms with Gasteiger partial charge in [-0.3, -0.25) is 9.59 Å². The zero-order chi connectivity index (χ0) is 21.7. The number of terminal acetylenes is 1. The Bertz CT molecular complexity index is 1000. The highest BCUT2D eigenvalue weighted by Gasteiger charge is 2.28. The summed E-state index contributed by atoms with van der Waals surface area (Å²) in [6.45, 7) is 0. The van der Waals surface area contributed by atoms with E-state index in [2.05, 4.69) is 15.6 Å². The molecule has 0 spiro atoms. The van der Waals surface area contributed by atoms with E-state index in [4.69, 9.17) is 11.2 Å². The topological polar surface area (TPSA) is 80.3 Å². The fourth-order valence-corrected chi connectivity index (χ4v) is 3.62. The van der Waals surface area contributed by atoms with Gasteiger partial charge in [-0.1, -0.05) is 6.42 Å². The maximum atomic E-state index is 14.4. The first kappa shape index (κ1) is 21.2. The van der Waals surface area contributed by atoms with Gasteiger partial charge in [0.05, 0.1) is 13.3 Å². The number of hydrogen-bond acceptors (Lipinski definition) is 4. The number of hydrogen-bond donors (Lipinski definition) is 2. The molecule has 30 heavy (non-hydrogen) atoms. The van der Waals surface area contributed by atoms with Crippen LogP contribution in [0, 0.1) is 29.9 Å². The minimum atomic E-state index is -0.632. The Hall–Kier alpha value is -3.47. The molecule has 1 aliphatic rings. The SMILES string of the molecule is C#CC(=O)N[C@@H]1CCC[C@H](C(=O)Nc2cc(-c3ccc(F)cc3OC)c(F)cn2)C1. The zero-order valence-corrected chi connectivity index (χ0v) is 16.4. The highest BCUT2D eigenvalue weighted by molar-refractivity contribution is 5.94. The zero-order valence-electron chi connectivity index (χ0n) is 16.4. The molecule has 2 atom stereocenters. The molecule has 0 radical (unpaired) electrons. The lowest BCUT2D eigenvalue weighted by atomic mass is 9.85. The van der Waals surface area contributed by atoms with Crippen molar-refractivity contribution in [1.82, 2.24) is 10.3 Å². The van der Waals surface area contributed by atoms with Gasteiger partial charge in [0.2, 0.25) is 5.91 Å². The number of anilines is 1. The second-order valence-corrected chi connectivity index (χ2v) is 7.06. The first-order valence-corrected chi connectivity index (χ1v) is 9.48. The van der Waals surface area contributed by atoms with E-state index in [0.29, 0.717) is 18.4 Å². The van der Waals surface area contributed by atoms with E-state index in [9.17, 15) is 18.4 Å². The van der Waals surface area contributed by atoms with E-state index in [-0.39, 0.29) is 35.0 Å². The fourth-order valence-electron chi connectivity index (χ4n) is 3.62. The number of ether oxygens (including phenoxy) is 1. The standard InChI is InChI=1S/C22H21F2N3O3/c1-3-21(28)26-15-6-4-5-13(9-15)22(29)27-20-11-17(18(24)12-25-20)16-8-7-14(23)10-19(16)30-2/h1,7-8,10-13,15H,4-6,9H2,2H3,(H,26,28)(H,25,27,29)/t13-,15+/m0/s1. The van der Waals surface area contributed by atoms with Gasteiger partial charge in [0.1, 0.15) is 23.2 Å². The summed E-state index contributed by atoms with van der Waals surface area (Å²) in [6, 6.07) is 4.96. The molecule has 1 heterocycles. The lowest BCUT2D eigenvalue weighted by Crippen LogP contribution is -2.40. The van der Waals surface area contributed by atoms with Crippen molar-refractivity contribution in [2.75, 3.05) is 12.4 Å². The molecule has 1 saturated carbocycles. The van der Waals surface area contributed by atoms with Gasteiger partial charge in [-0.15, -0.1) is 6.42 Å². The van der Waals surface area contributed by atoms with E-state index < -0.39 is 17.5 Å². The molecule has 3 rings (SSSR count). The summed E-state index contributed by atoms with van der Waals surface area (Å²) in [5.41, 5.74) is 0.462. The highest BCUT2D eigenvalue weighted by Crippen LogP contribution is 2.33. The number of aromatic nitrogens is 1. The average molecular weight is 413 g/mol. The van der Waals surface area contributed by atoms with Crippen molar-refractivity contribution in [3.63, 3.8) is 0 Å². The van der Waals surface area contributed by atoms with Crippen LogP contribution in [0.5, 0.6) is 5.75 Å². The number of methoxy groups -OCH3 is 1. The Balaban J connectivity index is 1.76. The number of nitrogens with zero attached hydrogens (tertiary/aromatic N) is 1. The van der Waals surface area contributed by atoms with Crippen LogP contribution >= 0.6 is 0 Å². The van der Waals surface area contributed by atoms with E-state index in [0.717, 1.165) is 25.1 Å². The number of benzene rings is 1. The van der Waals surface area contributed by atoms with Crippen LogP contribution in [0.3, 0.4) is 0 Å². The van der Waals surface area contributed by atoms with Crippen molar-refractivity contribution in [3.05, 3.63) is 42.1 Å². The van der Waals surface area contributed by atoms with Crippen LogP contribution in [-0.4, -0.2) is 29.9 Å². The second-order valence-electron chi connectivity index (χ2n) is 7.06. The number of nitrogens with one attached hydrogen (secondary N) is 2. The summed E-state index contributed by atoms with van der Waals surface area (Å²) in [7, 11) is 1.36. The van der Waals surface area contributed by atoms with Crippen LogP contribution in [0.15, 0.2) is 30.5 Å². The second kappa shape index (κ2) is 9.35. The molecule has 1 aliphatic carbocycles. The molecule has 2 amide bonds. The van der Waals surface area contributed by atoms with Crippen molar-refractivity contribution in [2.24, 2.45) is 5.92 Å². The lowest BCUT2D eigenvalue weighted by molar-refractivity contribution is -0.122. The molecule has 0 saturated heterocycles. The van der Waals surface area contributed by atoms with Crippen LogP contribution in [-0.2, 0) is 9.59 Å². The lowest BCUT2D eigenvalue weighted by Gasteiger charge is -2.28. The van der Waals surface area contributed by atoms with Crippen molar-refractivity contribution in [2.45, 2.75) is 31.7 Å². The third-order valence-electron chi connectivity index (χ3n) is 5.07. The van der Waals surface area contributed by atoms with Crippen molar-refractivity contribution >= 4 is 17.6 Å².